The van der Waals surface area contributed by atoms with Crippen molar-refractivity contribution in [1.82, 2.24) is 4.98 Å². The van der Waals surface area contributed by atoms with Crippen molar-refractivity contribution in [3.05, 3.63) is 36.0 Å². The number of para-hydroxylation sites is 1. The lowest BCUT2D eigenvalue weighted by atomic mass is 10.1. The van der Waals surface area contributed by atoms with Crippen LogP contribution >= 0.6 is 0 Å². The van der Waals surface area contributed by atoms with Crippen molar-refractivity contribution in [3.8, 4) is 0 Å². The molecule has 2 heterocycles. The third kappa shape index (κ3) is 3.06. The van der Waals surface area contributed by atoms with Crippen LogP contribution in [-0.2, 0) is 0 Å². The van der Waals surface area contributed by atoms with E-state index in [0.29, 0.717) is 0 Å². The molecule has 1 saturated heterocycles. The first-order valence-electron chi connectivity index (χ1n) is 7.46. The summed E-state index contributed by atoms with van der Waals surface area (Å²) in [4.78, 5) is 7.12. The first-order valence-corrected chi connectivity index (χ1v) is 7.46. The fourth-order valence-electron chi connectivity index (χ4n) is 2.68. The van der Waals surface area contributed by atoms with Crippen LogP contribution in [0.3, 0.4) is 0 Å². The van der Waals surface area contributed by atoms with Gasteiger partial charge in [0.05, 0.1) is 5.52 Å². The summed E-state index contributed by atoms with van der Waals surface area (Å²) in [6.45, 7) is 8.46. The highest BCUT2D eigenvalue weighted by Gasteiger charge is 2.14. The van der Waals surface area contributed by atoms with E-state index in [1.807, 2.05) is 13.8 Å². The van der Waals surface area contributed by atoms with Crippen molar-refractivity contribution >= 4 is 16.6 Å². The van der Waals surface area contributed by atoms with Crippen LogP contribution in [0.15, 0.2) is 30.3 Å². The van der Waals surface area contributed by atoms with Crippen molar-refractivity contribution < 1.29 is 0 Å². The molecule has 0 bridgehead atoms. The zero-order chi connectivity index (χ0) is 13.7. The van der Waals surface area contributed by atoms with Crippen molar-refractivity contribution in [2.75, 3.05) is 18.0 Å². The quantitative estimate of drug-likeness (QED) is 0.743. The standard InChI is InChI=1S/C15H18N2.C2H6/c1-12-11-15(17-9-5-2-6-10-17)13-7-3-4-8-14(13)16-12;1-2/h3-4,7-8,11H,2,5-6,9-10H2,1H3;1-2H3. The van der Waals surface area contributed by atoms with Gasteiger partial charge in [-0.3, -0.25) is 4.98 Å². The van der Waals surface area contributed by atoms with Crippen molar-refractivity contribution in [1.29, 1.82) is 0 Å². The maximum Gasteiger partial charge on any atom is 0.0726 e. The van der Waals surface area contributed by atoms with E-state index in [-0.39, 0.29) is 0 Å². The van der Waals surface area contributed by atoms with E-state index >= 15 is 0 Å². The largest absolute Gasteiger partial charge is 0.371 e. The van der Waals surface area contributed by atoms with Crippen LogP contribution in [0.1, 0.15) is 38.8 Å². The Morgan fingerprint density at radius 1 is 1.00 bits per heavy atom. The molecule has 0 spiro atoms. The molecule has 1 aliphatic heterocycles. The molecular weight excluding hydrogens is 232 g/mol. The number of aryl methyl sites for hydroxylation is 1. The average molecular weight is 256 g/mol. The van der Waals surface area contributed by atoms with E-state index in [9.17, 15) is 0 Å². The lowest BCUT2D eigenvalue weighted by Crippen LogP contribution is -2.29. The van der Waals surface area contributed by atoms with Gasteiger partial charge in [0.2, 0.25) is 0 Å². The molecule has 0 amide bonds. The molecule has 0 radical (unpaired) electrons. The van der Waals surface area contributed by atoms with Crippen molar-refractivity contribution in [2.24, 2.45) is 0 Å². The maximum atomic E-state index is 4.60. The summed E-state index contributed by atoms with van der Waals surface area (Å²) in [6, 6.07) is 10.7. The Morgan fingerprint density at radius 2 is 1.68 bits per heavy atom. The predicted octanol–water partition coefficient (Wildman–Crippen LogP) is 4.56. The number of pyridine rings is 1. The highest BCUT2D eigenvalue weighted by molar-refractivity contribution is 5.91. The lowest BCUT2D eigenvalue weighted by Gasteiger charge is -2.30. The topological polar surface area (TPSA) is 16.1 Å². The van der Waals surface area contributed by atoms with E-state index in [1.54, 1.807) is 0 Å². The Kier molecular flexibility index (Phi) is 4.78. The third-order valence-electron chi connectivity index (χ3n) is 3.52. The van der Waals surface area contributed by atoms with Gasteiger partial charge in [-0.1, -0.05) is 32.0 Å². The first-order chi connectivity index (χ1) is 9.34. The van der Waals surface area contributed by atoms with E-state index in [1.165, 1.54) is 43.4 Å². The zero-order valence-electron chi connectivity index (χ0n) is 12.3. The lowest BCUT2D eigenvalue weighted by molar-refractivity contribution is 0.579. The number of aromatic nitrogens is 1. The highest BCUT2D eigenvalue weighted by Crippen LogP contribution is 2.28. The van der Waals surface area contributed by atoms with Gasteiger partial charge >= 0.3 is 0 Å². The molecule has 2 aromatic rings. The summed E-state index contributed by atoms with van der Waals surface area (Å²) < 4.78 is 0. The Hall–Kier alpha value is -1.57. The van der Waals surface area contributed by atoms with E-state index in [0.717, 1.165) is 11.2 Å². The monoisotopic (exact) mass is 256 g/mol. The molecule has 1 fully saturated rings. The van der Waals surface area contributed by atoms with Gasteiger partial charge in [0.15, 0.2) is 0 Å². The summed E-state index contributed by atoms with van der Waals surface area (Å²) in [7, 11) is 0. The minimum absolute atomic E-state index is 1.12. The molecule has 102 valence electrons. The molecule has 1 aliphatic rings. The zero-order valence-corrected chi connectivity index (χ0v) is 12.3. The number of rotatable bonds is 1. The van der Waals surface area contributed by atoms with Crippen LogP contribution in [0.5, 0.6) is 0 Å². The van der Waals surface area contributed by atoms with E-state index in [2.05, 4.69) is 47.1 Å². The molecule has 0 N–H and O–H groups in total. The minimum atomic E-state index is 1.12. The molecule has 0 unspecified atom stereocenters. The Balaban J connectivity index is 0.000000637. The number of piperidine rings is 1. The first kappa shape index (κ1) is 13.9. The van der Waals surface area contributed by atoms with Gasteiger partial charge in [0.25, 0.3) is 0 Å². The van der Waals surface area contributed by atoms with Crippen LogP contribution in [0, 0.1) is 6.92 Å². The van der Waals surface area contributed by atoms with Gasteiger partial charge in [-0.25, -0.2) is 0 Å². The number of hydrogen-bond acceptors (Lipinski definition) is 2. The van der Waals surface area contributed by atoms with E-state index < -0.39 is 0 Å². The highest BCUT2D eigenvalue weighted by atomic mass is 15.1. The number of benzene rings is 1. The number of anilines is 1. The molecule has 19 heavy (non-hydrogen) atoms. The van der Waals surface area contributed by atoms with Crippen LogP contribution in [0.25, 0.3) is 10.9 Å². The van der Waals surface area contributed by atoms with Crippen LogP contribution < -0.4 is 4.90 Å². The second-order valence-corrected chi connectivity index (χ2v) is 4.85. The number of nitrogens with zero attached hydrogens (tertiary/aromatic N) is 2. The summed E-state index contributed by atoms with van der Waals surface area (Å²) >= 11 is 0. The molecule has 0 atom stereocenters. The van der Waals surface area contributed by atoms with E-state index in [4.69, 9.17) is 0 Å². The van der Waals surface area contributed by atoms with Crippen molar-refractivity contribution in [3.63, 3.8) is 0 Å². The maximum absolute atomic E-state index is 4.60. The Morgan fingerprint density at radius 3 is 2.42 bits per heavy atom. The molecular formula is C17H24N2. The predicted molar refractivity (Wildman–Crippen MR) is 83.9 cm³/mol. The van der Waals surface area contributed by atoms with Gasteiger partial charge in [-0.15, -0.1) is 0 Å². The molecule has 3 rings (SSSR count). The summed E-state index contributed by atoms with van der Waals surface area (Å²) in [5.41, 5.74) is 3.60. The number of hydrogen-bond donors (Lipinski definition) is 0. The average Bonchev–Trinajstić information content (AvgIpc) is 2.49. The Bertz CT molecular complexity index is 528. The third-order valence-corrected chi connectivity index (χ3v) is 3.52. The SMILES string of the molecule is CC.Cc1cc(N2CCCCC2)c2ccccc2n1. The minimum Gasteiger partial charge on any atom is -0.371 e. The Labute approximate surface area is 116 Å². The summed E-state index contributed by atoms with van der Waals surface area (Å²) in [5, 5.41) is 1.29. The number of fused-ring (bicyclic) bond motifs is 1. The normalized spacial score (nSPS) is 15.0. The molecule has 2 nitrogen and oxygen atoms in total. The van der Waals surface area contributed by atoms with Gasteiger partial charge in [-0.05, 0) is 38.3 Å². The van der Waals surface area contributed by atoms with Gasteiger partial charge in [0, 0.05) is 29.9 Å². The smallest absolute Gasteiger partial charge is 0.0726 e. The summed E-state index contributed by atoms with van der Waals surface area (Å²) in [6.07, 6.45) is 4.00. The van der Waals surface area contributed by atoms with Crippen molar-refractivity contribution in [2.45, 2.75) is 40.0 Å². The second kappa shape index (κ2) is 6.55. The molecule has 2 heteroatoms. The van der Waals surface area contributed by atoms with Gasteiger partial charge < -0.3 is 4.90 Å². The second-order valence-electron chi connectivity index (χ2n) is 4.85. The van der Waals surface area contributed by atoms with Gasteiger partial charge in [0.1, 0.15) is 0 Å². The molecule has 0 saturated carbocycles. The molecule has 0 aliphatic carbocycles. The molecule has 1 aromatic heterocycles. The summed E-state index contributed by atoms with van der Waals surface area (Å²) in [5.74, 6) is 0. The van der Waals surface area contributed by atoms with Gasteiger partial charge in [-0.2, -0.15) is 0 Å². The van der Waals surface area contributed by atoms with Crippen LogP contribution in [0.4, 0.5) is 5.69 Å². The fraction of sp³-hybridized carbons (Fsp3) is 0.471. The molecule has 1 aromatic carbocycles. The fourth-order valence-corrected chi connectivity index (χ4v) is 2.68. The van der Waals surface area contributed by atoms with Crippen LogP contribution in [-0.4, -0.2) is 18.1 Å². The van der Waals surface area contributed by atoms with Crippen LogP contribution in [0.2, 0.25) is 0 Å².